The van der Waals surface area contributed by atoms with Gasteiger partial charge in [-0.05, 0) is 35.9 Å². The lowest BCUT2D eigenvalue weighted by Crippen LogP contribution is -2.65. The summed E-state index contributed by atoms with van der Waals surface area (Å²) in [4.78, 5) is 91.1. The summed E-state index contributed by atoms with van der Waals surface area (Å²) >= 11 is 0. The maximum atomic E-state index is 15.7. The molecule has 1 saturated heterocycles. The zero-order chi connectivity index (χ0) is 60.8. The molecule has 17 N–H and O–H groups in total. The molecule has 30 nitrogen and oxygen atoms in total. The number of fused-ring (bicyclic) bond motifs is 10. The normalized spacial score (nSPS) is 25.0. The number of hydrogen-bond acceptors (Lipinski definition) is 30. The van der Waals surface area contributed by atoms with Gasteiger partial charge in [0, 0.05) is 57.0 Å². The molecule has 8 aliphatic rings. The zero-order valence-corrected chi connectivity index (χ0v) is 42.0. The van der Waals surface area contributed by atoms with Crippen molar-refractivity contribution in [3.8, 4) is 120 Å². The van der Waals surface area contributed by atoms with Gasteiger partial charge in [-0.2, -0.15) is 0 Å². The summed E-state index contributed by atoms with van der Waals surface area (Å²) < 4.78 is 42.2. The molecule has 1 spiro atoms. The van der Waals surface area contributed by atoms with Crippen LogP contribution in [-0.4, -0.2) is 165 Å². The Kier molecular flexibility index (Phi) is 10.9. The Morgan fingerprint density at radius 1 is 0.447 bits per heavy atom. The van der Waals surface area contributed by atoms with E-state index in [2.05, 4.69) is 0 Å². The van der Waals surface area contributed by atoms with Crippen molar-refractivity contribution in [1.29, 1.82) is 0 Å². The Labute approximate surface area is 468 Å². The van der Waals surface area contributed by atoms with E-state index in [1.165, 1.54) is 6.07 Å². The SMILES string of the molecule is O=C1OCC2OC(=O)c3cc(O)c(O)c(O)c3-c3c(O)c(O)c(O)c4c3C(=O)OC(C2OC(=O)c2cc(O)c(O)c(O)c2-c2cc1c(O)c(O)c2O)C1OC(=O)C2C4=C(O)C(=O)C23Oc2cc4c(c(O)c2C13)CC(O)C(c1ccc(O)c(O)c1)O4. The van der Waals surface area contributed by atoms with Crippen LogP contribution in [0.1, 0.15) is 75.7 Å². The third kappa shape index (κ3) is 6.83. The second kappa shape index (κ2) is 17.5. The average molecular weight is 1180 g/mol. The number of aliphatic hydroxyl groups is 2. The van der Waals surface area contributed by atoms with Crippen LogP contribution in [0.3, 0.4) is 0 Å². The molecular weight excluding hydrogens is 1140 g/mol. The predicted octanol–water partition coefficient (Wildman–Crippen LogP) is 2.42. The Balaban J connectivity index is 1.13. The molecular formula is C55H36O30. The van der Waals surface area contributed by atoms with Crippen LogP contribution >= 0.6 is 0 Å². The fourth-order valence-corrected chi connectivity index (χ4v) is 12.3. The summed E-state index contributed by atoms with van der Waals surface area (Å²) in [6.07, 6.45) is -14.7. The molecule has 9 atom stereocenters. The highest BCUT2D eigenvalue weighted by Gasteiger charge is 2.76. The van der Waals surface area contributed by atoms with Crippen molar-refractivity contribution < 1.29 is 149 Å². The van der Waals surface area contributed by atoms with Crippen molar-refractivity contribution in [3.05, 3.63) is 92.7 Å². The highest BCUT2D eigenvalue weighted by atomic mass is 16.6. The smallest absolute Gasteiger partial charge is 0.342 e. The Hall–Kier alpha value is -11.6. The van der Waals surface area contributed by atoms with Crippen molar-refractivity contribution in [2.45, 2.75) is 54.6 Å². The molecule has 8 bridgehead atoms. The van der Waals surface area contributed by atoms with Crippen LogP contribution in [0.4, 0.5) is 0 Å². The van der Waals surface area contributed by atoms with Crippen LogP contribution in [0.5, 0.6) is 97.7 Å². The first kappa shape index (κ1) is 52.8. The molecule has 0 radical (unpaired) electrons. The first-order valence-corrected chi connectivity index (χ1v) is 24.8. The third-order valence-corrected chi connectivity index (χ3v) is 16.1. The molecule has 6 aromatic carbocycles. The first-order chi connectivity index (χ1) is 40.2. The number of Topliss-reactive ketones (excluding diaryl/α,β-unsaturated/α-hetero) is 1. The molecule has 1 fully saturated rings. The molecule has 7 heterocycles. The molecule has 0 aromatic heterocycles. The summed E-state index contributed by atoms with van der Waals surface area (Å²) in [6.45, 7) is -1.58. The van der Waals surface area contributed by atoms with E-state index in [0.717, 1.165) is 18.2 Å². The lowest BCUT2D eigenvalue weighted by Gasteiger charge is -2.47. The van der Waals surface area contributed by atoms with Gasteiger partial charge in [0.1, 0.15) is 41.4 Å². The second-order valence-corrected chi connectivity index (χ2v) is 20.5. The molecule has 14 rings (SSSR count). The van der Waals surface area contributed by atoms with E-state index in [0.29, 0.717) is 18.2 Å². The van der Waals surface area contributed by atoms with Crippen molar-refractivity contribution in [2.24, 2.45) is 5.92 Å². The van der Waals surface area contributed by atoms with Gasteiger partial charge in [0.15, 0.2) is 87.7 Å². The maximum absolute atomic E-state index is 15.7. The van der Waals surface area contributed by atoms with Gasteiger partial charge in [-0.15, -0.1) is 0 Å². The first-order valence-electron chi connectivity index (χ1n) is 24.8. The van der Waals surface area contributed by atoms with Gasteiger partial charge < -0.3 is 120 Å². The van der Waals surface area contributed by atoms with Gasteiger partial charge in [-0.25, -0.2) is 19.2 Å². The monoisotopic (exact) mass is 1180 g/mol. The average Bonchev–Trinajstić information content (AvgIpc) is 1.52. The van der Waals surface area contributed by atoms with Crippen LogP contribution in [0.15, 0.2) is 48.2 Å². The minimum absolute atomic E-state index is 0.0639. The molecule has 436 valence electrons. The molecule has 9 unspecified atom stereocenters. The molecule has 0 amide bonds. The quantitative estimate of drug-likeness (QED) is 0.0638. The molecule has 0 saturated carbocycles. The second-order valence-electron chi connectivity index (χ2n) is 20.5. The number of ether oxygens (including phenoxy) is 7. The minimum Gasteiger partial charge on any atom is -0.507 e. The fourth-order valence-electron chi connectivity index (χ4n) is 12.3. The number of ketones is 1. The number of carbonyl (C=O) groups excluding carboxylic acids is 6. The molecule has 7 aliphatic heterocycles. The van der Waals surface area contributed by atoms with Crippen LogP contribution < -0.4 is 9.47 Å². The van der Waals surface area contributed by atoms with Crippen molar-refractivity contribution in [3.63, 3.8) is 0 Å². The predicted molar refractivity (Wildman–Crippen MR) is 267 cm³/mol. The number of esters is 5. The van der Waals surface area contributed by atoms with Crippen molar-refractivity contribution >= 4 is 41.2 Å². The van der Waals surface area contributed by atoms with E-state index in [-0.39, 0.29) is 16.9 Å². The summed E-state index contributed by atoms with van der Waals surface area (Å²) in [5.41, 5.74) is -16.5. The highest BCUT2D eigenvalue weighted by molar-refractivity contribution is 6.22. The number of benzene rings is 6. The van der Waals surface area contributed by atoms with Crippen LogP contribution in [0.2, 0.25) is 0 Å². The Morgan fingerprint density at radius 3 is 1.73 bits per heavy atom. The van der Waals surface area contributed by atoms with E-state index in [1.807, 2.05) is 0 Å². The summed E-state index contributed by atoms with van der Waals surface area (Å²) in [6, 6.07) is 5.60. The number of carbonyl (C=O) groups is 6. The standard InChI is InChI=1S/C55H36O30/c56-16-2-1-10(3-17(16)57)45-20(60)5-11-21(80-45)8-22-26(33(11)61)31-47-48-46-23(9-79-50(74)15-4-12(34(62)43(71)35(15)63)24-13(52(76)82-46)6-18(58)36(64)38(24)66)81-51(75)14-7-19(59)37(65)39(67)25(14)27-29(53(77)84-48)28(41(69)44(72)40(27)68)30-32(54(78)83-47)55(31,85-22)49(73)42(30)70/h1-4,6-8,20,23,31-32,45-48,56-72H,5,9H2. The number of rotatable bonds is 1. The molecule has 30 heteroatoms. The van der Waals surface area contributed by atoms with Gasteiger partial charge >= 0.3 is 29.8 Å². The van der Waals surface area contributed by atoms with Crippen molar-refractivity contribution in [2.75, 3.05) is 6.61 Å². The van der Waals surface area contributed by atoms with Gasteiger partial charge in [0.2, 0.25) is 34.4 Å². The number of aromatic hydroxyl groups is 15. The fraction of sp³-hybridized carbons (Fsp3) is 0.200. The lowest BCUT2D eigenvalue weighted by atomic mass is 9.66. The van der Waals surface area contributed by atoms with Crippen molar-refractivity contribution in [1.82, 2.24) is 0 Å². The molecule has 6 aromatic rings. The number of cyclic esters (lactones) is 1. The zero-order valence-electron chi connectivity index (χ0n) is 42.0. The van der Waals surface area contributed by atoms with E-state index in [1.54, 1.807) is 0 Å². The third-order valence-electron chi connectivity index (χ3n) is 16.1. The molecule has 85 heavy (non-hydrogen) atoms. The lowest BCUT2D eigenvalue weighted by molar-refractivity contribution is -0.200. The van der Waals surface area contributed by atoms with Gasteiger partial charge in [-0.1, -0.05) is 6.07 Å². The summed E-state index contributed by atoms with van der Waals surface area (Å²) in [5.74, 6) is -39.1. The Bertz CT molecular complexity index is 4230. The summed E-state index contributed by atoms with van der Waals surface area (Å²) in [5, 5.41) is 192. The summed E-state index contributed by atoms with van der Waals surface area (Å²) in [7, 11) is 0. The minimum atomic E-state index is -3.15. The van der Waals surface area contributed by atoms with Gasteiger partial charge in [0.05, 0.1) is 28.7 Å². The van der Waals surface area contributed by atoms with Gasteiger partial charge in [0.25, 0.3) is 0 Å². The van der Waals surface area contributed by atoms with Crippen LogP contribution in [-0.2, 0) is 39.7 Å². The van der Waals surface area contributed by atoms with E-state index in [9.17, 15) is 91.6 Å². The topological polar surface area (TPSA) is 511 Å². The van der Waals surface area contributed by atoms with Crippen LogP contribution in [0.25, 0.3) is 27.8 Å². The number of aliphatic hydroxyl groups excluding tert-OH is 2. The van der Waals surface area contributed by atoms with E-state index in [4.69, 9.17) is 33.2 Å². The number of hydrogen-bond donors (Lipinski definition) is 17. The highest BCUT2D eigenvalue weighted by Crippen LogP contribution is 2.68. The molecule has 1 aliphatic carbocycles. The number of phenolic OH excluding ortho intramolecular Hbond substituents is 15. The largest absolute Gasteiger partial charge is 0.507 e. The maximum Gasteiger partial charge on any atom is 0.342 e. The Morgan fingerprint density at radius 2 is 1.05 bits per heavy atom. The number of phenols is 15. The van der Waals surface area contributed by atoms with Gasteiger partial charge in [-0.3, -0.25) is 9.59 Å². The van der Waals surface area contributed by atoms with E-state index < -0.39 is 262 Å². The van der Waals surface area contributed by atoms with Crippen LogP contribution in [0, 0.1) is 5.92 Å². The van der Waals surface area contributed by atoms with E-state index >= 15 is 24.0 Å².